The van der Waals surface area contributed by atoms with Crippen molar-refractivity contribution in [2.45, 2.75) is 26.4 Å². The Labute approximate surface area is 191 Å². The molecule has 1 aromatic rings. The lowest BCUT2D eigenvalue weighted by Crippen LogP contribution is -2.40. The van der Waals surface area contributed by atoms with Crippen LogP contribution < -0.4 is 10.6 Å². The van der Waals surface area contributed by atoms with E-state index in [0.717, 1.165) is 51.8 Å². The van der Waals surface area contributed by atoms with Crippen molar-refractivity contribution in [3.05, 3.63) is 35.4 Å². The molecule has 2 saturated heterocycles. The Bertz CT molecular complexity index is 767. The van der Waals surface area contributed by atoms with Gasteiger partial charge in [-0.25, -0.2) is 13.4 Å². The smallest absolute Gasteiger partial charge is 0.191 e. The summed E-state index contributed by atoms with van der Waals surface area (Å²) in [4.78, 5) is 7.15. The van der Waals surface area contributed by atoms with Gasteiger partial charge in [0.05, 0.1) is 31.3 Å². The van der Waals surface area contributed by atoms with E-state index in [1.54, 1.807) is 0 Å². The minimum absolute atomic E-state index is 0. The van der Waals surface area contributed by atoms with E-state index >= 15 is 0 Å². The maximum Gasteiger partial charge on any atom is 0.191 e. The van der Waals surface area contributed by atoms with Crippen molar-refractivity contribution in [3.63, 3.8) is 0 Å². The topological polar surface area (TPSA) is 83.0 Å². The van der Waals surface area contributed by atoms with Gasteiger partial charge in [0.25, 0.3) is 0 Å². The first-order valence-electron chi connectivity index (χ1n) is 10.1. The normalized spacial score (nSPS) is 22.1. The number of guanidine groups is 1. The molecule has 3 rings (SSSR count). The SMILES string of the molecule is CCNC(=NCc1ccccc1CN1CCOCC1)NCC1CCS(=O)(=O)C1.I. The van der Waals surface area contributed by atoms with Gasteiger partial charge in [-0.1, -0.05) is 24.3 Å². The van der Waals surface area contributed by atoms with E-state index in [2.05, 4.69) is 39.8 Å². The number of aliphatic imine (C=N–C) groups is 1. The Kier molecular flexibility index (Phi) is 10.1. The molecule has 0 radical (unpaired) electrons. The van der Waals surface area contributed by atoms with E-state index in [0.29, 0.717) is 18.8 Å². The van der Waals surface area contributed by atoms with Crippen LogP contribution in [0, 0.1) is 5.92 Å². The molecule has 0 saturated carbocycles. The van der Waals surface area contributed by atoms with Crippen LogP contribution in [0.15, 0.2) is 29.3 Å². The molecular weight excluding hydrogens is 503 g/mol. The van der Waals surface area contributed by atoms with Gasteiger partial charge in [0.1, 0.15) is 0 Å². The van der Waals surface area contributed by atoms with E-state index in [-0.39, 0.29) is 35.6 Å². The molecule has 9 heteroatoms. The van der Waals surface area contributed by atoms with Gasteiger partial charge in [-0.15, -0.1) is 24.0 Å². The van der Waals surface area contributed by atoms with Gasteiger partial charge in [0.15, 0.2) is 15.8 Å². The molecule has 2 N–H and O–H groups in total. The number of sulfone groups is 1. The van der Waals surface area contributed by atoms with Crippen LogP contribution in [0.2, 0.25) is 0 Å². The number of nitrogens with one attached hydrogen (secondary N) is 2. The first-order valence-corrected chi connectivity index (χ1v) is 12.0. The van der Waals surface area contributed by atoms with Crippen molar-refractivity contribution in [3.8, 4) is 0 Å². The molecule has 1 unspecified atom stereocenters. The zero-order valence-electron chi connectivity index (χ0n) is 17.1. The average molecular weight is 536 g/mol. The third-order valence-corrected chi connectivity index (χ3v) is 7.09. The standard InChI is InChI=1S/C20H32N4O3S.HI/c1-2-21-20(22-13-17-7-12-28(25,26)16-17)23-14-18-5-3-4-6-19(18)15-24-8-10-27-11-9-24;/h3-6,17H,2,7-16H2,1H3,(H2,21,22,23);1H. The van der Waals surface area contributed by atoms with Crippen LogP contribution in [-0.2, 0) is 27.7 Å². The monoisotopic (exact) mass is 536 g/mol. The van der Waals surface area contributed by atoms with E-state index in [4.69, 9.17) is 9.73 Å². The van der Waals surface area contributed by atoms with Gasteiger partial charge < -0.3 is 15.4 Å². The lowest BCUT2D eigenvalue weighted by Gasteiger charge is -2.27. The van der Waals surface area contributed by atoms with Crippen molar-refractivity contribution >= 4 is 39.8 Å². The largest absolute Gasteiger partial charge is 0.379 e. The number of halogens is 1. The van der Waals surface area contributed by atoms with Crippen LogP contribution in [0.25, 0.3) is 0 Å². The minimum Gasteiger partial charge on any atom is -0.379 e. The molecule has 0 spiro atoms. The fourth-order valence-corrected chi connectivity index (χ4v) is 5.51. The highest BCUT2D eigenvalue weighted by atomic mass is 127. The van der Waals surface area contributed by atoms with Crippen LogP contribution in [0.5, 0.6) is 0 Å². The van der Waals surface area contributed by atoms with Gasteiger partial charge in [0.2, 0.25) is 0 Å². The first kappa shape index (κ1) is 24.4. The summed E-state index contributed by atoms with van der Waals surface area (Å²) in [5, 5.41) is 6.58. The Hall–Kier alpha value is -0.910. The highest BCUT2D eigenvalue weighted by Gasteiger charge is 2.27. The molecule has 1 atom stereocenters. The highest BCUT2D eigenvalue weighted by molar-refractivity contribution is 14.0. The van der Waals surface area contributed by atoms with Crippen molar-refractivity contribution in [2.75, 3.05) is 50.9 Å². The van der Waals surface area contributed by atoms with Crippen LogP contribution in [0.1, 0.15) is 24.5 Å². The predicted octanol–water partition coefficient (Wildman–Crippen LogP) is 1.63. The second kappa shape index (κ2) is 12.1. The van der Waals surface area contributed by atoms with E-state index in [9.17, 15) is 8.42 Å². The van der Waals surface area contributed by atoms with Gasteiger partial charge in [-0.05, 0) is 30.4 Å². The molecule has 1 aromatic carbocycles. The number of benzene rings is 1. The number of ether oxygens (including phenoxy) is 1. The zero-order chi connectivity index (χ0) is 19.8. The Morgan fingerprint density at radius 3 is 2.59 bits per heavy atom. The lowest BCUT2D eigenvalue weighted by molar-refractivity contribution is 0.0341. The van der Waals surface area contributed by atoms with Crippen LogP contribution in [-0.4, -0.2) is 70.2 Å². The second-order valence-electron chi connectivity index (χ2n) is 7.50. The second-order valence-corrected chi connectivity index (χ2v) is 9.73. The van der Waals surface area contributed by atoms with Crippen molar-refractivity contribution in [1.29, 1.82) is 0 Å². The molecule has 2 fully saturated rings. The van der Waals surface area contributed by atoms with Crippen LogP contribution in [0.4, 0.5) is 0 Å². The molecular formula is C20H33IN4O3S. The molecule has 2 aliphatic rings. The fraction of sp³-hybridized carbons (Fsp3) is 0.650. The Balaban J connectivity index is 0.00000300. The van der Waals surface area contributed by atoms with E-state index in [1.807, 2.05) is 6.92 Å². The van der Waals surface area contributed by atoms with Crippen molar-refractivity contribution in [2.24, 2.45) is 10.9 Å². The maximum atomic E-state index is 11.6. The molecule has 2 aliphatic heterocycles. The quantitative estimate of drug-likeness (QED) is 0.313. The molecule has 7 nitrogen and oxygen atoms in total. The summed E-state index contributed by atoms with van der Waals surface area (Å²) >= 11 is 0. The molecule has 0 aliphatic carbocycles. The minimum atomic E-state index is -2.84. The Morgan fingerprint density at radius 1 is 1.21 bits per heavy atom. The summed E-state index contributed by atoms with van der Waals surface area (Å²) in [7, 11) is -2.84. The molecule has 164 valence electrons. The zero-order valence-corrected chi connectivity index (χ0v) is 20.2. The van der Waals surface area contributed by atoms with Crippen LogP contribution >= 0.6 is 24.0 Å². The van der Waals surface area contributed by atoms with Crippen molar-refractivity contribution < 1.29 is 13.2 Å². The summed E-state index contributed by atoms with van der Waals surface area (Å²) in [6.07, 6.45) is 0.733. The first-order chi connectivity index (χ1) is 13.6. The third-order valence-electron chi connectivity index (χ3n) is 5.25. The van der Waals surface area contributed by atoms with E-state index < -0.39 is 9.84 Å². The summed E-state index contributed by atoms with van der Waals surface area (Å²) in [5.74, 6) is 1.50. The number of rotatable bonds is 7. The van der Waals surface area contributed by atoms with Gasteiger partial charge in [-0.3, -0.25) is 4.90 Å². The summed E-state index contributed by atoms with van der Waals surface area (Å²) in [6.45, 7) is 8.47. The molecule has 2 heterocycles. The van der Waals surface area contributed by atoms with E-state index in [1.165, 1.54) is 11.1 Å². The van der Waals surface area contributed by atoms with Gasteiger partial charge >= 0.3 is 0 Å². The molecule has 29 heavy (non-hydrogen) atoms. The number of morpholine rings is 1. The molecule has 0 amide bonds. The molecule has 0 aromatic heterocycles. The van der Waals surface area contributed by atoms with Crippen molar-refractivity contribution in [1.82, 2.24) is 15.5 Å². The number of nitrogens with zero attached hydrogens (tertiary/aromatic N) is 2. The average Bonchev–Trinajstić information content (AvgIpc) is 3.05. The summed E-state index contributed by atoms with van der Waals surface area (Å²) < 4.78 is 28.7. The van der Waals surface area contributed by atoms with Crippen LogP contribution in [0.3, 0.4) is 0 Å². The third kappa shape index (κ3) is 8.03. The van der Waals surface area contributed by atoms with Gasteiger partial charge in [-0.2, -0.15) is 0 Å². The number of hydrogen-bond donors (Lipinski definition) is 2. The fourth-order valence-electron chi connectivity index (χ4n) is 3.65. The number of hydrogen-bond acceptors (Lipinski definition) is 5. The predicted molar refractivity (Wildman–Crippen MR) is 128 cm³/mol. The lowest BCUT2D eigenvalue weighted by atomic mass is 10.1. The Morgan fingerprint density at radius 2 is 1.93 bits per heavy atom. The maximum absolute atomic E-state index is 11.6. The highest BCUT2D eigenvalue weighted by Crippen LogP contribution is 2.17. The summed E-state index contributed by atoms with van der Waals surface area (Å²) in [5.41, 5.74) is 2.51. The summed E-state index contributed by atoms with van der Waals surface area (Å²) in [6, 6.07) is 8.43. The molecule has 0 bridgehead atoms. The van der Waals surface area contributed by atoms with Gasteiger partial charge in [0, 0.05) is 32.7 Å².